The van der Waals surface area contributed by atoms with Gasteiger partial charge in [0.1, 0.15) is 5.82 Å². The number of piperazine rings is 1. The molecule has 1 aromatic rings. The summed E-state index contributed by atoms with van der Waals surface area (Å²) in [6, 6.07) is 5.29. The van der Waals surface area contributed by atoms with E-state index in [1.807, 2.05) is 6.07 Å². The normalized spacial score (nSPS) is 17.6. The number of halogens is 1. The van der Waals surface area contributed by atoms with Gasteiger partial charge in [0, 0.05) is 37.4 Å². The molecule has 0 saturated carbocycles. The van der Waals surface area contributed by atoms with Crippen molar-refractivity contribution in [2.45, 2.75) is 26.3 Å². The molecule has 1 N–H and O–H groups in total. The predicted molar refractivity (Wildman–Crippen MR) is 79.5 cm³/mol. The first-order valence-corrected chi connectivity index (χ1v) is 6.86. The molecule has 1 heterocycles. The van der Waals surface area contributed by atoms with Crippen LogP contribution in [0.25, 0.3) is 0 Å². The number of likely N-dealkylation sites (N-methyl/N-ethyl adjacent to an activating group) is 1. The van der Waals surface area contributed by atoms with Crippen LogP contribution in [-0.4, -0.2) is 43.7 Å². The van der Waals surface area contributed by atoms with Gasteiger partial charge in [-0.15, -0.1) is 0 Å². The number of benzene rings is 1. The molecule has 0 atom stereocenters. The molecular formula is C15H24FN3. The molecule has 0 amide bonds. The lowest BCUT2D eigenvalue weighted by atomic mass is 10.1. The van der Waals surface area contributed by atoms with Gasteiger partial charge in [-0.05, 0) is 46.0 Å². The topological polar surface area (TPSA) is 18.5 Å². The predicted octanol–water partition coefficient (Wildman–Crippen LogP) is 2.79. The van der Waals surface area contributed by atoms with E-state index in [0.29, 0.717) is 5.69 Å². The van der Waals surface area contributed by atoms with Crippen molar-refractivity contribution in [1.82, 2.24) is 4.90 Å². The van der Waals surface area contributed by atoms with Gasteiger partial charge in [-0.1, -0.05) is 0 Å². The maximum atomic E-state index is 14.0. The summed E-state index contributed by atoms with van der Waals surface area (Å²) in [5, 5.41) is 3.39. The molecule has 1 fully saturated rings. The van der Waals surface area contributed by atoms with E-state index in [1.165, 1.54) is 0 Å². The molecule has 106 valence electrons. The lowest BCUT2D eigenvalue weighted by Crippen LogP contribution is -2.44. The van der Waals surface area contributed by atoms with Gasteiger partial charge in [0.2, 0.25) is 0 Å². The summed E-state index contributed by atoms with van der Waals surface area (Å²) in [4.78, 5) is 4.40. The van der Waals surface area contributed by atoms with Gasteiger partial charge in [-0.3, -0.25) is 0 Å². The first-order valence-electron chi connectivity index (χ1n) is 6.86. The molecule has 4 heteroatoms. The summed E-state index contributed by atoms with van der Waals surface area (Å²) in [7, 11) is 2.10. The van der Waals surface area contributed by atoms with Crippen LogP contribution in [0.1, 0.15) is 20.8 Å². The highest BCUT2D eigenvalue weighted by molar-refractivity contribution is 5.60. The monoisotopic (exact) mass is 265 g/mol. The molecule has 1 saturated heterocycles. The second-order valence-corrected chi connectivity index (χ2v) is 6.33. The summed E-state index contributed by atoms with van der Waals surface area (Å²) in [5.74, 6) is -0.135. The Morgan fingerprint density at radius 2 is 1.74 bits per heavy atom. The van der Waals surface area contributed by atoms with Crippen LogP contribution in [-0.2, 0) is 0 Å². The van der Waals surface area contributed by atoms with Crippen molar-refractivity contribution >= 4 is 11.4 Å². The minimum absolute atomic E-state index is 0.0167. The Labute approximate surface area is 115 Å². The molecule has 1 aromatic carbocycles. The van der Waals surface area contributed by atoms with Gasteiger partial charge in [-0.2, -0.15) is 0 Å². The Balaban J connectivity index is 2.17. The third-order valence-corrected chi connectivity index (χ3v) is 3.31. The number of hydrogen-bond donors (Lipinski definition) is 1. The molecule has 3 nitrogen and oxygen atoms in total. The largest absolute Gasteiger partial charge is 0.380 e. The Morgan fingerprint density at radius 3 is 2.32 bits per heavy atom. The number of nitrogens with zero attached hydrogens (tertiary/aromatic N) is 2. The average Bonchev–Trinajstić information content (AvgIpc) is 2.31. The van der Waals surface area contributed by atoms with Crippen LogP contribution in [0.15, 0.2) is 18.2 Å². The van der Waals surface area contributed by atoms with Crippen molar-refractivity contribution in [3.05, 3.63) is 24.0 Å². The van der Waals surface area contributed by atoms with Crippen molar-refractivity contribution in [2.24, 2.45) is 0 Å². The zero-order chi connectivity index (χ0) is 14.0. The third-order valence-electron chi connectivity index (χ3n) is 3.31. The number of nitrogens with one attached hydrogen (secondary N) is 1. The summed E-state index contributed by atoms with van der Waals surface area (Å²) in [6.45, 7) is 10.0. The minimum Gasteiger partial charge on any atom is -0.380 e. The summed E-state index contributed by atoms with van der Waals surface area (Å²) in [5.41, 5.74) is 1.67. The van der Waals surface area contributed by atoms with Gasteiger partial charge in [0.15, 0.2) is 0 Å². The maximum absolute atomic E-state index is 14.0. The van der Waals surface area contributed by atoms with Crippen LogP contribution in [0.5, 0.6) is 0 Å². The molecule has 0 aromatic heterocycles. The van der Waals surface area contributed by atoms with Gasteiger partial charge in [0.05, 0.1) is 5.69 Å². The minimum atomic E-state index is -0.135. The van der Waals surface area contributed by atoms with Gasteiger partial charge in [0.25, 0.3) is 0 Å². The fourth-order valence-corrected chi connectivity index (χ4v) is 2.31. The van der Waals surface area contributed by atoms with E-state index in [0.717, 1.165) is 31.9 Å². The van der Waals surface area contributed by atoms with Crippen molar-refractivity contribution in [1.29, 1.82) is 0 Å². The Hall–Kier alpha value is -1.29. The lowest BCUT2D eigenvalue weighted by Gasteiger charge is -2.34. The standard InChI is InChI=1S/C15H24FN3/c1-15(2,3)17-12-5-6-13(16)14(11-12)19-9-7-18(4)8-10-19/h5-6,11,17H,7-10H2,1-4H3. The number of rotatable bonds is 2. The van der Waals surface area contributed by atoms with E-state index in [1.54, 1.807) is 12.1 Å². The molecule has 0 unspecified atom stereocenters. The first kappa shape index (κ1) is 14.1. The van der Waals surface area contributed by atoms with E-state index in [-0.39, 0.29) is 11.4 Å². The summed E-state index contributed by atoms with van der Waals surface area (Å²) in [6.07, 6.45) is 0. The highest BCUT2D eigenvalue weighted by Crippen LogP contribution is 2.26. The van der Waals surface area contributed by atoms with Crippen LogP contribution in [0.4, 0.5) is 15.8 Å². The molecule has 2 rings (SSSR count). The van der Waals surface area contributed by atoms with Gasteiger partial charge >= 0.3 is 0 Å². The van der Waals surface area contributed by atoms with Gasteiger partial charge in [-0.25, -0.2) is 4.39 Å². The fourth-order valence-electron chi connectivity index (χ4n) is 2.31. The second-order valence-electron chi connectivity index (χ2n) is 6.33. The SMILES string of the molecule is CN1CCN(c2cc(NC(C)(C)C)ccc2F)CC1. The van der Waals surface area contributed by atoms with Crippen LogP contribution in [0.3, 0.4) is 0 Å². The van der Waals surface area contributed by atoms with E-state index < -0.39 is 0 Å². The van der Waals surface area contributed by atoms with Crippen molar-refractivity contribution in [3.63, 3.8) is 0 Å². The van der Waals surface area contributed by atoms with E-state index in [4.69, 9.17) is 0 Å². The summed E-state index contributed by atoms with van der Waals surface area (Å²) < 4.78 is 14.0. The number of hydrogen-bond acceptors (Lipinski definition) is 3. The smallest absolute Gasteiger partial charge is 0.146 e. The maximum Gasteiger partial charge on any atom is 0.146 e. The average molecular weight is 265 g/mol. The van der Waals surface area contributed by atoms with Crippen LogP contribution >= 0.6 is 0 Å². The van der Waals surface area contributed by atoms with Crippen molar-refractivity contribution < 1.29 is 4.39 Å². The zero-order valence-electron chi connectivity index (χ0n) is 12.3. The van der Waals surface area contributed by atoms with E-state index in [9.17, 15) is 4.39 Å². The van der Waals surface area contributed by atoms with E-state index >= 15 is 0 Å². The molecule has 19 heavy (non-hydrogen) atoms. The highest BCUT2D eigenvalue weighted by atomic mass is 19.1. The van der Waals surface area contributed by atoms with Crippen molar-refractivity contribution in [2.75, 3.05) is 43.4 Å². The van der Waals surface area contributed by atoms with Crippen molar-refractivity contribution in [3.8, 4) is 0 Å². The molecule has 0 spiro atoms. The van der Waals surface area contributed by atoms with Crippen LogP contribution in [0.2, 0.25) is 0 Å². The number of anilines is 2. The molecule has 0 radical (unpaired) electrons. The van der Waals surface area contributed by atoms with Crippen LogP contribution < -0.4 is 10.2 Å². The lowest BCUT2D eigenvalue weighted by molar-refractivity contribution is 0.311. The Morgan fingerprint density at radius 1 is 1.11 bits per heavy atom. The summed E-state index contributed by atoms with van der Waals surface area (Å²) >= 11 is 0. The van der Waals surface area contributed by atoms with Crippen LogP contribution in [0, 0.1) is 5.82 Å². The fraction of sp³-hybridized carbons (Fsp3) is 0.600. The quantitative estimate of drug-likeness (QED) is 0.887. The molecule has 1 aliphatic rings. The zero-order valence-corrected chi connectivity index (χ0v) is 12.3. The van der Waals surface area contributed by atoms with Gasteiger partial charge < -0.3 is 15.1 Å². The van der Waals surface area contributed by atoms with E-state index in [2.05, 4.69) is 42.9 Å². The molecule has 1 aliphatic heterocycles. The Kier molecular flexibility index (Phi) is 3.99. The third kappa shape index (κ3) is 3.83. The second kappa shape index (κ2) is 5.37. The first-order chi connectivity index (χ1) is 8.85. The molecular weight excluding hydrogens is 241 g/mol. The molecule has 0 aliphatic carbocycles. The Bertz CT molecular complexity index is 432. The highest BCUT2D eigenvalue weighted by Gasteiger charge is 2.18. The molecule has 0 bridgehead atoms.